The second-order valence-electron chi connectivity index (χ2n) is 6.68. The molecule has 0 aliphatic heterocycles. The number of sulfonamides is 1. The van der Waals surface area contributed by atoms with Crippen molar-refractivity contribution in [2.45, 2.75) is 30.8 Å². The summed E-state index contributed by atoms with van der Waals surface area (Å²) < 4.78 is 28.5. The van der Waals surface area contributed by atoms with Crippen LogP contribution in [0.1, 0.15) is 41.0 Å². The van der Waals surface area contributed by atoms with Crippen LogP contribution in [-0.2, 0) is 16.6 Å². The number of halogens is 1. The number of aromatic carboxylic acids is 1. The van der Waals surface area contributed by atoms with Crippen LogP contribution in [-0.4, -0.2) is 28.8 Å². The summed E-state index contributed by atoms with van der Waals surface area (Å²) in [6, 6.07) is 17.9. The van der Waals surface area contributed by atoms with E-state index in [1.807, 2.05) is 37.3 Å². The summed E-state index contributed by atoms with van der Waals surface area (Å²) in [6.45, 7) is 1.92. The van der Waals surface area contributed by atoms with Crippen molar-refractivity contribution in [1.29, 1.82) is 0 Å². The molecule has 1 aromatic heterocycles. The first-order valence-electron chi connectivity index (χ1n) is 9.33. The summed E-state index contributed by atoms with van der Waals surface area (Å²) >= 11 is 5.93. The zero-order valence-corrected chi connectivity index (χ0v) is 17.8. The number of carboxylic acid groups (broad SMARTS) is 1. The lowest BCUT2D eigenvalue weighted by Crippen LogP contribution is -2.34. The van der Waals surface area contributed by atoms with Gasteiger partial charge in [0.05, 0.1) is 28.7 Å². The molecule has 156 valence electrons. The second kappa shape index (κ2) is 9.38. The lowest BCUT2D eigenvalue weighted by Gasteiger charge is -2.30. The topological polar surface area (TPSA) is 87.6 Å². The number of nitrogens with zero attached hydrogens (tertiary/aromatic N) is 2. The fourth-order valence-corrected chi connectivity index (χ4v) is 4.97. The molecule has 3 aromatic rings. The van der Waals surface area contributed by atoms with Gasteiger partial charge in [0.25, 0.3) is 0 Å². The normalized spacial score (nSPS) is 12.6. The Bertz CT molecular complexity index is 1100. The molecule has 0 radical (unpaired) electrons. The SMILES string of the molecule is CC[C@@H](c1ccccc1)N(Cc1ccc(C(=O)O)cn1)S(=O)(=O)c1ccc(Cl)cc1. The predicted molar refractivity (Wildman–Crippen MR) is 115 cm³/mol. The highest BCUT2D eigenvalue weighted by atomic mass is 35.5. The number of carboxylic acids is 1. The van der Waals surface area contributed by atoms with Crippen molar-refractivity contribution in [3.05, 3.63) is 94.8 Å². The second-order valence-corrected chi connectivity index (χ2v) is 9.01. The minimum atomic E-state index is -3.88. The molecule has 0 aliphatic rings. The van der Waals surface area contributed by atoms with E-state index in [-0.39, 0.29) is 17.0 Å². The third-order valence-electron chi connectivity index (χ3n) is 4.73. The van der Waals surface area contributed by atoms with Gasteiger partial charge in [0.2, 0.25) is 10.0 Å². The first-order valence-corrected chi connectivity index (χ1v) is 11.1. The molecule has 8 heteroatoms. The Morgan fingerprint density at radius 3 is 2.27 bits per heavy atom. The van der Waals surface area contributed by atoms with E-state index in [0.717, 1.165) is 5.56 Å². The van der Waals surface area contributed by atoms with Crippen molar-refractivity contribution in [3.63, 3.8) is 0 Å². The molecular formula is C22H21ClN2O4S. The van der Waals surface area contributed by atoms with E-state index in [4.69, 9.17) is 16.7 Å². The molecule has 0 saturated heterocycles. The molecule has 1 heterocycles. The highest BCUT2D eigenvalue weighted by Crippen LogP contribution is 2.32. The van der Waals surface area contributed by atoms with Crippen molar-refractivity contribution in [3.8, 4) is 0 Å². The molecule has 0 spiro atoms. The number of hydrogen-bond acceptors (Lipinski definition) is 4. The Morgan fingerprint density at radius 1 is 1.07 bits per heavy atom. The van der Waals surface area contributed by atoms with Crippen LogP contribution in [0.2, 0.25) is 5.02 Å². The highest BCUT2D eigenvalue weighted by molar-refractivity contribution is 7.89. The quantitative estimate of drug-likeness (QED) is 0.540. The van der Waals surface area contributed by atoms with E-state index >= 15 is 0 Å². The molecule has 0 bridgehead atoms. The maximum atomic E-state index is 13.6. The summed E-state index contributed by atoms with van der Waals surface area (Å²) in [5.74, 6) is -1.09. The number of pyridine rings is 1. The summed E-state index contributed by atoms with van der Waals surface area (Å²) in [4.78, 5) is 15.4. The molecule has 6 nitrogen and oxygen atoms in total. The standard InChI is InChI=1S/C22H21ClN2O4S/c1-2-21(16-6-4-3-5-7-16)25(15-19-11-8-17(14-24-19)22(26)27)30(28,29)20-12-9-18(23)10-13-20/h3-14,21H,2,15H2,1H3,(H,26,27)/t21-/m0/s1. The van der Waals surface area contributed by atoms with Crippen LogP contribution in [0.3, 0.4) is 0 Å². The monoisotopic (exact) mass is 444 g/mol. The molecule has 1 N–H and O–H groups in total. The number of benzene rings is 2. The third-order valence-corrected chi connectivity index (χ3v) is 6.85. The molecule has 0 fully saturated rings. The Morgan fingerprint density at radius 2 is 1.73 bits per heavy atom. The van der Waals surface area contributed by atoms with Gasteiger partial charge in [-0.25, -0.2) is 13.2 Å². The van der Waals surface area contributed by atoms with Crippen LogP contribution in [0.15, 0.2) is 77.8 Å². The van der Waals surface area contributed by atoms with Gasteiger partial charge in [-0.1, -0.05) is 48.9 Å². The van der Waals surface area contributed by atoms with Gasteiger partial charge in [0.1, 0.15) is 0 Å². The summed E-state index contributed by atoms with van der Waals surface area (Å²) in [7, 11) is -3.88. The van der Waals surface area contributed by atoms with Crippen LogP contribution in [0, 0.1) is 0 Å². The smallest absolute Gasteiger partial charge is 0.337 e. The third kappa shape index (κ3) is 4.87. The number of carbonyl (C=O) groups is 1. The van der Waals surface area contributed by atoms with Gasteiger partial charge >= 0.3 is 5.97 Å². The summed E-state index contributed by atoms with van der Waals surface area (Å²) in [5.41, 5.74) is 1.35. The maximum absolute atomic E-state index is 13.6. The van der Waals surface area contributed by atoms with Crippen molar-refractivity contribution in [2.75, 3.05) is 0 Å². The average molecular weight is 445 g/mol. The van der Waals surface area contributed by atoms with Gasteiger partial charge in [0.15, 0.2) is 0 Å². The van der Waals surface area contributed by atoms with E-state index in [9.17, 15) is 13.2 Å². The first kappa shape index (κ1) is 22.0. The zero-order valence-electron chi connectivity index (χ0n) is 16.3. The molecule has 3 rings (SSSR count). The number of rotatable bonds is 8. The molecule has 0 aliphatic carbocycles. The van der Waals surface area contributed by atoms with Crippen molar-refractivity contribution < 1.29 is 18.3 Å². The van der Waals surface area contributed by atoms with Gasteiger partial charge in [-0.2, -0.15) is 4.31 Å². The summed E-state index contributed by atoms with van der Waals surface area (Å²) in [6.07, 6.45) is 1.78. The molecule has 0 unspecified atom stereocenters. The van der Waals surface area contributed by atoms with Crippen molar-refractivity contribution in [2.24, 2.45) is 0 Å². The van der Waals surface area contributed by atoms with E-state index in [1.165, 1.54) is 46.9 Å². The minimum absolute atomic E-state index is 0.00173. The lowest BCUT2D eigenvalue weighted by molar-refractivity contribution is 0.0696. The van der Waals surface area contributed by atoms with Gasteiger partial charge in [-0.15, -0.1) is 0 Å². The maximum Gasteiger partial charge on any atom is 0.337 e. The van der Waals surface area contributed by atoms with Crippen molar-refractivity contribution >= 4 is 27.6 Å². The van der Waals surface area contributed by atoms with Gasteiger partial charge in [-0.3, -0.25) is 4.98 Å². The van der Waals surface area contributed by atoms with E-state index in [2.05, 4.69) is 4.98 Å². The van der Waals surface area contributed by atoms with Crippen LogP contribution in [0.5, 0.6) is 0 Å². The molecule has 30 heavy (non-hydrogen) atoms. The van der Waals surface area contributed by atoms with Crippen LogP contribution in [0.4, 0.5) is 0 Å². The van der Waals surface area contributed by atoms with Gasteiger partial charge in [-0.05, 0) is 48.4 Å². The molecule has 2 aromatic carbocycles. The van der Waals surface area contributed by atoms with Gasteiger partial charge < -0.3 is 5.11 Å². The van der Waals surface area contributed by atoms with Gasteiger partial charge in [0, 0.05) is 11.2 Å². The first-order chi connectivity index (χ1) is 14.3. The van der Waals surface area contributed by atoms with Crippen molar-refractivity contribution in [1.82, 2.24) is 9.29 Å². The highest BCUT2D eigenvalue weighted by Gasteiger charge is 2.32. The Labute approximate surface area is 180 Å². The number of aromatic nitrogens is 1. The fraction of sp³-hybridized carbons (Fsp3) is 0.182. The van der Waals surface area contributed by atoms with E-state index in [1.54, 1.807) is 0 Å². The zero-order chi connectivity index (χ0) is 21.7. The minimum Gasteiger partial charge on any atom is -0.478 e. The fourth-order valence-electron chi connectivity index (χ4n) is 3.19. The van der Waals surface area contributed by atoms with Crippen LogP contribution < -0.4 is 0 Å². The molecular weight excluding hydrogens is 424 g/mol. The molecule has 0 saturated carbocycles. The van der Waals surface area contributed by atoms with Crippen LogP contribution >= 0.6 is 11.6 Å². The lowest BCUT2D eigenvalue weighted by atomic mass is 10.0. The van der Waals surface area contributed by atoms with E-state index < -0.39 is 22.0 Å². The average Bonchev–Trinajstić information content (AvgIpc) is 2.75. The molecule has 1 atom stereocenters. The Kier molecular flexibility index (Phi) is 6.87. The van der Waals surface area contributed by atoms with E-state index in [0.29, 0.717) is 17.1 Å². The summed E-state index contributed by atoms with van der Waals surface area (Å²) in [5, 5.41) is 9.52. The Hall–Kier alpha value is -2.74. The molecule has 0 amide bonds. The Balaban J connectivity index is 2.05. The largest absolute Gasteiger partial charge is 0.478 e. The number of hydrogen-bond donors (Lipinski definition) is 1. The predicted octanol–water partition coefficient (Wildman–Crippen LogP) is 4.78. The van der Waals surface area contributed by atoms with Crippen LogP contribution in [0.25, 0.3) is 0 Å².